The van der Waals surface area contributed by atoms with E-state index in [1.807, 2.05) is 31.2 Å². The molecule has 2 aromatic rings. The van der Waals surface area contributed by atoms with Crippen LogP contribution in [0.15, 0.2) is 53.4 Å². The standard InChI is InChI=1S/C17H19N3O3S/c1-2-19-11-12-20(16-6-4-3-5-15(16)19)24(22,23)14-9-7-13(8-10-14)17(18)21/h3-10H,2,11-12H2,1H3,(H2,18,21). The Bertz CT molecular complexity index is 863. The van der Waals surface area contributed by atoms with Gasteiger partial charge in [-0.3, -0.25) is 9.10 Å². The summed E-state index contributed by atoms with van der Waals surface area (Å²) >= 11 is 0. The smallest absolute Gasteiger partial charge is 0.264 e. The molecule has 6 nitrogen and oxygen atoms in total. The summed E-state index contributed by atoms with van der Waals surface area (Å²) in [6.07, 6.45) is 0. The fourth-order valence-electron chi connectivity index (χ4n) is 2.89. The van der Waals surface area contributed by atoms with Crippen molar-refractivity contribution in [2.75, 3.05) is 28.8 Å². The van der Waals surface area contributed by atoms with Crippen LogP contribution in [0.2, 0.25) is 0 Å². The molecule has 7 heteroatoms. The molecule has 1 aliphatic heterocycles. The summed E-state index contributed by atoms with van der Waals surface area (Å²) in [6.45, 7) is 3.87. The summed E-state index contributed by atoms with van der Waals surface area (Å²) in [5.74, 6) is -0.583. The highest BCUT2D eigenvalue weighted by molar-refractivity contribution is 7.92. The zero-order valence-corrected chi connectivity index (χ0v) is 14.2. The minimum atomic E-state index is -3.69. The third-order valence-corrected chi connectivity index (χ3v) is 6.00. The highest BCUT2D eigenvalue weighted by Crippen LogP contribution is 2.36. The van der Waals surface area contributed by atoms with Gasteiger partial charge in [0.2, 0.25) is 5.91 Å². The third kappa shape index (κ3) is 2.71. The maximum Gasteiger partial charge on any atom is 0.264 e. The second kappa shape index (κ2) is 6.16. The van der Waals surface area contributed by atoms with Crippen molar-refractivity contribution in [3.63, 3.8) is 0 Å². The van der Waals surface area contributed by atoms with Gasteiger partial charge in [-0.15, -0.1) is 0 Å². The number of rotatable bonds is 4. The molecule has 0 saturated carbocycles. The van der Waals surface area contributed by atoms with Crippen LogP contribution in [0.25, 0.3) is 0 Å². The number of nitrogens with zero attached hydrogens (tertiary/aromatic N) is 2. The van der Waals surface area contributed by atoms with Gasteiger partial charge in [0.1, 0.15) is 0 Å². The van der Waals surface area contributed by atoms with Gasteiger partial charge in [-0.2, -0.15) is 0 Å². The van der Waals surface area contributed by atoms with Crippen molar-refractivity contribution in [1.82, 2.24) is 0 Å². The molecule has 0 aliphatic carbocycles. The Labute approximate surface area is 141 Å². The molecular weight excluding hydrogens is 326 g/mol. The first-order valence-electron chi connectivity index (χ1n) is 7.71. The molecule has 2 aromatic carbocycles. The van der Waals surface area contributed by atoms with E-state index >= 15 is 0 Å². The third-order valence-electron chi connectivity index (χ3n) is 4.17. The van der Waals surface area contributed by atoms with Crippen molar-refractivity contribution in [3.05, 3.63) is 54.1 Å². The minimum Gasteiger partial charge on any atom is -0.368 e. The van der Waals surface area contributed by atoms with Gasteiger partial charge in [0.05, 0.1) is 22.8 Å². The molecule has 3 rings (SSSR count). The second-order valence-electron chi connectivity index (χ2n) is 5.53. The van der Waals surface area contributed by atoms with Gasteiger partial charge < -0.3 is 10.6 Å². The Kier molecular flexibility index (Phi) is 4.19. The van der Waals surface area contributed by atoms with Gasteiger partial charge in [-0.05, 0) is 43.3 Å². The van der Waals surface area contributed by atoms with E-state index in [1.54, 1.807) is 0 Å². The Balaban J connectivity index is 2.02. The number of hydrogen-bond acceptors (Lipinski definition) is 4. The quantitative estimate of drug-likeness (QED) is 0.916. The molecule has 0 aromatic heterocycles. The number of nitrogens with two attached hydrogens (primary N) is 1. The first-order valence-corrected chi connectivity index (χ1v) is 9.15. The molecule has 1 aliphatic rings. The molecule has 24 heavy (non-hydrogen) atoms. The molecule has 0 radical (unpaired) electrons. The molecule has 0 saturated heterocycles. The van der Waals surface area contributed by atoms with Crippen LogP contribution >= 0.6 is 0 Å². The van der Waals surface area contributed by atoms with E-state index < -0.39 is 15.9 Å². The lowest BCUT2D eigenvalue weighted by Crippen LogP contribution is -2.44. The number of anilines is 2. The first kappa shape index (κ1) is 16.3. The maximum absolute atomic E-state index is 13.0. The summed E-state index contributed by atoms with van der Waals surface area (Å²) < 4.78 is 27.5. The number of carbonyl (C=O) groups excluding carboxylic acids is 1. The summed E-state index contributed by atoms with van der Waals surface area (Å²) in [5.41, 5.74) is 7.06. The molecule has 0 fully saturated rings. The number of carbonyl (C=O) groups is 1. The molecule has 0 atom stereocenters. The summed E-state index contributed by atoms with van der Waals surface area (Å²) in [4.78, 5) is 13.4. The van der Waals surface area contributed by atoms with Crippen molar-refractivity contribution in [1.29, 1.82) is 0 Å². The van der Waals surface area contributed by atoms with Crippen LogP contribution in [0.3, 0.4) is 0 Å². The monoisotopic (exact) mass is 345 g/mol. The van der Waals surface area contributed by atoms with Crippen molar-refractivity contribution in [3.8, 4) is 0 Å². The predicted octanol–water partition coefficient (Wildman–Crippen LogP) is 1.82. The zero-order valence-electron chi connectivity index (χ0n) is 13.3. The van der Waals surface area contributed by atoms with Crippen molar-refractivity contribution in [2.24, 2.45) is 5.73 Å². The molecule has 126 valence electrons. The average Bonchev–Trinajstić information content (AvgIpc) is 2.60. The lowest BCUT2D eigenvalue weighted by Gasteiger charge is -2.37. The van der Waals surface area contributed by atoms with Crippen molar-refractivity contribution in [2.45, 2.75) is 11.8 Å². The van der Waals surface area contributed by atoms with E-state index in [-0.39, 0.29) is 10.5 Å². The lowest BCUT2D eigenvalue weighted by molar-refractivity contribution is 0.1000. The van der Waals surface area contributed by atoms with Crippen LogP contribution < -0.4 is 14.9 Å². The van der Waals surface area contributed by atoms with E-state index in [0.29, 0.717) is 18.8 Å². The topological polar surface area (TPSA) is 83.7 Å². The van der Waals surface area contributed by atoms with E-state index in [2.05, 4.69) is 4.90 Å². The molecule has 0 spiro atoms. The zero-order chi connectivity index (χ0) is 17.3. The van der Waals surface area contributed by atoms with Crippen LogP contribution in [-0.4, -0.2) is 34.0 Å². The van der Waals surface area contributed by atoms with Crippen LogP contribution in [0.1, 0.15) is 17.3 Å². The van der Waals surface area contributed by atoms with E-state index in [4.69, 9.17) is 5.73 Å². The van der Waals surface area contributed by atoms with Crippen LogP contribution in [0.4, 0.5) is 11.4 Å². The fraction of sp³-hybridized carbons (Fsp3) is 0.235. The highest BCUT2D eigenvalue weighted by atomic mass is 32.2. The number of fused-ring (bicyclic) bond motifs is 1. The summed E-state index contributed by atoms with van der Waals surface area (Å²) in [5, 5.41) is 0. The SMILES string of the molecule is CCN1CCN(S(=O)(=O)c2ccc(C(N)=O)cc2)c2ccccc21. The molecule has 0 bridgehead atoms. The Hall–Kier alpha value is -2.54. The van der Waals surface area contributed by atoms with Crippen LogP contribution in [-0.2, 0) is 10.0 Å². The molecule has 1 heterocycles. The molecule has 2 N–H and O–H groups in total. The largest absolute Gasteiger partial charge is 0.368 e. The van der Waals surface area contributed by atoms with Gasteiger partial charge in [0.15, 0.2) is 0 Å². The molecule has 1 amide bonds. The van der Waals surface area contributed by atoms with E-state index in [9.17, 15) is 13.2 Å². The van der Waals surface area contributed by atoms with E-state index in [0.717, 1.165) is 12.2 Å². The lowest BCUT2D eigenvalue weighted by atomic mass is 10.2. The fourth-order valence-corrected chi connectivity index (χ4v) is 4.36. The summed E-state index contributed by atoms with van der Waals surface area (Å²) in [6, 6.07) is 13.2. The number of benzene rings is 2. The van der Waals surface area contributed by atoms with Gasteiger partial charge >= 0.3 is 0 Å². The Morgan fingerprint density at radius 3 is 2.25 bits per heavy atom. The van der Waals surface area contributed by atoms with Crippen molar-refractivity contribution >= 4 is 27.3 Å². The number of primary amides is 1. The molecular formula is C17H19N3O3S. The van der Waals surface area contributed by atoms with Gasteiger partial charge in [0, 0.05) is 18.7 Å². The predicted molar refractivity (Wildman–Crippen MR) is 93.8 cm³/mol. The van der Waals surface area contributed by atoms with Gasteiger partial charge in [-0.25, -0.2) is 8.42 Å². The average molecular weight is 345 g/mol. The summed E-state index contributed by atoms with van der Waals surface area (Å²) in [7, 11) is -3.69. The number of amides is 1. The van der Waals surface area contributed by atoms with Crippen LogP contribution in [0.5, 0.6) is 0 Å². The number of sulfonamides is 1. The van der Waals surface area contributed by atoms with Gasteiger partial charge in [0.25, 0.3) is 10.0 Å². The first-order chi connectivity index (χ1) is 11.4. The number of hydrogen-bond donors (Lipinski definition) is 1. The highest BCUT2D eigenvalue weighted by Gasteiger charge is 2.31. The van der Waals surface area contributed by atoms with E-state index in [1.165, 1.54) is 28.6 Å². The normalized spacial score (nSPS) is 14.4. The van der Waals surface area contributed by atoms with Gasteiger partial charge in [-0.1, -0.05) is 12.1 Å². The minimum absolute atomic E-state index is 0.146. The van der Waals surface area contributed by atoms with Crippen molar-refractivity contribution < 1.29 is 13.2 Å². The Morgan fingerprint density at radius 1 is 1.04 bits per heavy atom. The van der Waals surface area contributed by atoms with Crippen LogP contribution in [0, 0.1) is 0 Å². The number of para-hydroxylation sites is 2. The Morgan fingerprint density at radius 2 is 1.67 bits per heavy atom. The molecule has 0 unspecified atom stereocenters. The maximum atomic E-state index is 13.0. The second-order valence-corrected chi connectivity index (χ2v) is 7.40. The number of likely N-dealkylation sites (N-methyl/N-ethyl adjacent to an activating group) is 1.